The van der Waals surface area contributed by atoms with E-state index >= 15 is 0 Å². The van der Waals surface area contributed by atoms with Crippen LogP contribution in [-0.4, -0.2) is 53.2 Å². The lowest BCUT2D eigenvalue weighted by Crippen LogP contribution is -2.58. The van der Waals surface area contributed by atoms with E-state index in [4.69, 9.17) is 20.3 Å². The number of likely N-dealkylation sites (tertiary alicyclic amines) is 1. The van der Waals surface area contributed by atoms with E-state index in [2.05, 4.69) is 0 Å². The first-order chi connectivity index (χ1) is 7.38. The summed E-state index contributed by atoms with van der Waals surface area (Å²) in [5, 5.41) is 8.94. The number of nitrogens with two attached hydrogens (primary N) is 1. The molecule has 92 valence electrons. The summed E-state index contributed by atoms with van der Waals surface area (Å²) in [6.45, 7) is 4.79. The summed E-state index contributed by atoms with van der Waals surface area (Å²) < 4.78 is 11.6. The topological polar surface area (TPSA) is 85.0 Å². The number of ether oxygens (including phenoxy) is 2. The van der Waals surface area contributed by atoms with Gasteiger partial charge in [-0.25, -0.2) is 4.79 Å². The van der Waals surface area contributed by atoms with Crippen molar-refractivity contribution in [2.45, 2.75) is 37.8 Å². The highest BCUT2D eigenvalue weighted by Crippen LogP contribution is 2.40. The molecule has 6 nitrogen and oxygen atoms in total. The lowest BCUT2D eigenvalue weighted by Gasteiger charge is -2.39. The maximum atomic E-state index is 10.9. The molecule has 2 aliphatic heterocycles. The minimum absolute atomic E-state index is 0.266. The second-order valence-electron chi connectivity index (χ2n) is 4.86. The van der Waals surface area contributed by atoms with Crippen molar-refractivity contribution >= 4 is 6.09 Å². The van der Waals surface area contributed by atoms with Crippen LogP contribution in [0.3, 0.4) is 0 Å². The molecule has 0 aromatic carbocycles. The van der Waals surface area contributed by atoms with E-state index in [0.29, 0.717) is 26.1 Å². The van der Waals surface area contributed by atoms with Crippen LogP contribution in [0.15, 0.2) is 0 Å². The highest BCUT2D eigenvalue weighted by molar-refractivity contribution is 5.65. The Labute approximate surface area is 94.3 Å². The van der Waals surface area contributed by atoms with Crippen molar-refractivity contribution in [1.82, 2.24) is 4.90 Å². The van der Waals surface area contributed by atoms with E-state index in [-0.39, 0.29) is 6.10 Å². The predicted octanol–water partition coefficient (Wildman–Crippen LogP) is 0.219. The molecule has 0 aromatic rings. The first-order valence-corrected chi connectivity index (χ1v) is 5.44. The van der Waals surface area contributed by atoms with E-state index in [0.717, 1.165) is 0 Å². The van der Waals surface area contributed by atoms with Crippen molar-refractivity contribution in [3.8, 4) is 0 Å². The molecular formula is C10H18N2O4. The fourth-order valence-electron chi connectivity index (χ4n) is 2.51. The van der Waals surface area contributed by atoms with Crippen LogP contribution < -0.4 is 5.73 Å². The molecule has 2 rings (SSSR count). The van der Waals surface area contributed by atoms with Crippen molar-refractivity contribution in [1.29, 1.82) is 0 Å². The van der Waals surface area contributed by atoms with E-state index in [1.165, 1.54) is 4.90 Å². The minimum atomic E-state index is -0.918. The normalized spacial score (nSPS) is 37.2. The summed E-state index contributed by atoms with van der Waals surface area (Å²) >= 11 is 0. The molecule has 2 unspecified atom stereocenters. The summed E-state index contributed by atoms with van der Waals surface area (Å²) in [6, 6.07) is 0. The quantitative estimate of drug-likeness (QED) is 0.673. The third-order valence-electron chi connectivity index (χ3n) is 3.27. The van der Waals surface area contributed by atoms with Crippen LogP contribution >= 0.6 is 0 Å². The SMILES string of the molecule is CC1(C)OC2CN(C(=O)O)CCC2(CN)O1. The molecule has 0 saturated carbocycles. The molecule has 2 saturated heterocycles. The molecule has 3 N–H and O–H groups in total. The van der Waals surface area contributed by atoms with Gasteiger partial charge >= 0.3 is 6.09 Å². The van der Waals surface area contributed by atoms with Crippen LogP contribution in [0, 0.1) is 0 Å². The van der Waals surface area contributed by atoms with Crippen LogP contribution in [0.5, 0.6) is 0 Å². The smallest absolute Gasteiger partial charge is 0.407 e. The Hall–Kier alpha value is -0.850. The maximum Gasteiger partial charge on any atom is 0.407 e. The van der Waals surface area contributed by atoms with Crippen LogP contribution in [0.4, 0.5) is 4.79 Å². The van der Waals surface area contributed by atoms with Gasteiger partial charge in [0.1, 0.15) is 11.7 Å². The third kappa shape index (κ3) is 1.77. The van der Waals surface area contributed by atoms with Gasteiger partial charge in [-0.2, -0.15) is 0 Å². The van der Waals surface area contributed by atoms with E-state index in [1.807, 2.05) is 13.8 Å². The van der Waals surface area contributed by atoms with Crippen molar-refractivity contribution in [2.24, 2.45) is 5.73 Å². The van der Waals surface area contributed by atoms with Gasteiger partial charge in [0.05, 0.1) is 6.54 Å². The summed E-state index contributed by atoms with van der Waals surface area (Å²) in [5.74, 6) is -0.682. The van der Waals surface area contributed by atoms with Gasteiger partial charge in [-0.15, -0.1) is 0 Å². The summed E-state index contributed by atoms with van der Waals surface area (Å²) in [4.78, 5) is 12.2. The number of hydrogen-bond donors (Lipinski definition) is 2. The molecule has 6 heteroatoms. The van der Waals surface area contributed by atoms with Gasteiger partial charge < -0.3 is 25.2 Å². The van der Waals surface area contributed by atoms with Crippen LogP contribution in [0.1, 0.15) is 20.3 Å². The molecule has 0 bridgehead atoms. The van der Waals surface area contributed by atoms with Crippen molar-refractivity contribution in [3.63, 3.8) is 0 Å². The first kappa shape index (κ1) is 11.6. The minimum Gasteiger partial charge on any atom is -0.465 e. The van der Waals surface area contributed by atoms with Crippen LogP contribution in [0.2, 0.25) is 0 Å². The van der Waals surface area contributed by atoms with Crippen LogP contribution in [-0.2, 0) is 9.47 Å². The van der Waals surface area contributed by atoms with E-state index < -0.39 is 17.5 Å². The monoisotopic (exact) mass is 230 g/mol. The number of fused-ring (bicyclic) bond motifs is 1. The number of amides is 1. The maximum absolute atomic E-state index is 10.9. The first-order valence-electron chi connectivity index (χ1n) is 5.44. The third-order valence-corrected chi connectivity index (χ3v) is 3.27. The number of carbonyl (C=O) groups is 1. The van der Waals surface area contributed by atoms with Gasteiger partial charge in [0.25, 0.3) is 0 Å². The zero-order chi connectivity index (χ0) is 12.0. The van der Waals surface area contributed by atoms with Crippen molar-refractivity contribution in [3.05, 3.63) is 0 Å². The Morgan fingerprint density at radius 1 is 1.62 bits per heavy atom. The Kier molecular flexibility index (Phi) is 2.60. The number of hydrogen-bond acceptors (Lipinski definition) is 4. The largest absolute Gasteiger partial charge is 0.465 e. The molecular weight excluding hydrogens is 212 g/mol. The van der Waals surface area contributed by atoms with Gasteiger partial charge in [-0.3, -0.25) is 0 Å². The summed E-state index contributed by atoms with van der Waals surface area (Å²) in [5.41, 5.74) is 5.23. The Morgan fingerprint density at radius 3 is 2.88 bits per heavy atom. The molecule has 2 fully saturated rings. The standard InChI is InChI=1S/C10H18N2O4/c1-9(2)15-7-5-12(8(13)14)4-3-10(7,6-11)16-9/h7H,3-6,11H2,1-2H3,(H,13,14). The molecule has 0 radical (unpaired) electrons. The number of piperidine rings is 1. The average molecular weight is 230 g/mol. The number of rotatable bonds is 1. The highest BCUT2D eigenvalue weighted by Gasteiger charge is 2.55. The molecule has 0 aliphatic carbocycles. The van der Waals surface area contributed by atoms with E-state index in [9.17, 15) is 4.79 Å². The molecule has 0 aromatic heterocycles. The lowest BCUT2D eigenvalue weighted by atomic mass is 9.89. The van der Waals surface area contributed by atoms with Crippen molar-refractivity contribution in [2.75, 3.05) is 19.6 Å². The zero-order valence-corrected chi connectivity index (χ0v) is 9.60. The molecule has 16 heavy (non-hydrogen) atoms. The molecule has 2 aliphatic rings. The molecule has 2 atom stereocenters. The Bertz CT molecular complexity index is 307. The van der Waals surface area contributed by atoms with Gasteiger partial charge in [-0.05, 0) is 20.3 Å². The average Bonchev–Trinajstić information content (AvgIpc) is 2.47. The van der Waals surface area contributed by atoms with Gasteiger partial charge in [0, 0.05) is 13.1 Å². The Balaban J connectivity index is 2.17. The summed E-state index contributed by atoms with van der Waals surface area (Å²) in [7, 11) is 0. The number of carboxylic acid groups (broad SMARTS) is 1. The fourth-order valence-corrected chi connectivity index (χ4v) is 2.51. The lowest BCUT2D eigenvalue weighted by molar-refractivity contribution is -0.161. The summed E-state index contributed by atoms with van der Waals surface area (Å²) in [6.07, 6.45) is -0.597. The van der Waals surface area contributed by atoms with Gasteiger partial charge in [0.2, 0.25) is 0 Å². The van der Waals surface area contributed by atoms with Crippen molar-refractivity contribution < 1.29 is 19.4 Å². The van der Waals surface area contributed by atoms with Gasteiger partial charge in [0.15, 0.2) is 5.79 Å². The Morgan fingerprint density at radius 2 is 2.31 bits per heavy atom. The van der Waals surface area contributed by atoms with E-state index in [1.54, 1.807) is 0 Å². The van der Waals surface area contributed by atoms with Gasteiger partial charge in [-0.1, -0.05) is 0 Å². The second-order valence-corrected chi connectivity index (χ2v) is 4.86. The molecule has 0 spiro atoms. The predicted molar refractivity (Wildman–Crippen MR) is 56.0 cm³/mol. The molecule has 1 amide bonds. The van der Waals surface area contributed by atoms with Crippen LogP contribution in [0.25, 0.3) is 0 Å². The number of nitrogens with zero attached hydrogens (tertiary/aromatic N) is 1. The highest BCUT2D eigenvalue weighted by atomic mass is 16.8. The fraction of sp³-hybridized carbons (Fsp3) is 0.900. The molecule has 2 heterocycles. The second kappa shape index (κ2) is 3.58. The zero-order valence-electron chi connectivity index (χ0n) is 9.60.